The Balaban J connectivity index is 2.28. The lowest BCUT2D eigenvalue weighted by molar-refractivity contribution is -0.384. The number of pyridine rings is 1. The van der Waals surface area contributed by atoms with Crippen LogP contribution in [-0.2, 0) is 11.2 Å². The number of nitrogens with zero attached hydrogens (tertiary/aromatic N) is 2. The lowest BCUT2D eigenvalue weighted by atomic mass is 9.77. The van der Waals surface area contributed by atoms with Gasteiger partial charge in [-0.2, -0.15) is 0 Å². The molecule has 1 aromatic carbocycles. The van der Waals surface area contributed by atoms with Crippen LogP contribution in [0.4, 0.5) is 11.4 Å². The molecule has 0 saturated carbocycles. The van der Waals surface area contributed by atoms with Gasteiger partial charge in [0.2, 0.25) is 5.91 Å². The lowest BCUT2D eigenvalue weighted by Gasteiger charge is -2.30. The first kappa shape index (κ1) is 17.6. The number of carbonyl (C=O) groups is 1. The second-order valence-corrected chi connectivity index (χ2v) is 7.07. The molecular formula is C19H19N3O4. The van der Waals surface area contributed by atoms with Gasteiger partial charge in [-0.05, 0) is 29.5 Å². The highest BCUT2D eigenvalue weighted by Gasteiger charge is 2.30. The Morgan fingerprint density at radius 3 is 2.65 bits per heavy atom. The summed E-state index contributed by atoms with van der Waals surface area (Å²) in [5.74, 6) is -0.397. The summed E-state index contributed by atoms with van der Waals surface area (Å²) in [5.41, 5.74) is 1.62. The molecule has 26 heavy (non-hydrogen) atoms. The number of allylic oxidation sites excluding steroid dienone is 1. The maximum absolute atomic E-state index is 12.3. The Morgan fingerprint density at radius 2 is 2.04 bits per heavy atom. The van der Waals surface area contributed by atoms with Gasteiger partial charge in [-0.3, -0.25) is 24.3 Å². The first-order chi connectivity index (χ1) is 12.2. The second kappa shape index (κ2) is 6.25. The molecule has 0 bridgehead atoms. The summed E-state index contributed by atoms with van der Waals surface area (Å²) in [5, 5.41) is 14.0. The zero-order valence-corrected chi connectivity index (χ0v) is 14.8. The van der Waals surface area contributed by atoms with Gasteiger partial charge in [-0.25, -0.2) is 0 Å². The molecule has 1 aliphatic carbocycles. The highest BCUT2D eigenvalue weighted by atomic mass is 16.6. The van der Waals surface area contributed by atoms with E-state index in [4.69, 9.17) is 0 Å². The van der Waals surface area contributed by atoms with E-state index < -0.39 is 10.8 Å². The van der Waals surface area contributed by atoms with Crippen molar-refractivity contribution in [1.29, 1.82) is 0 Å². The first-order valence-corrected chi connectivity index (χ1v) is 8.18. The quantitative estimate of drug-likeness (QED) is 0.677. The molecule has 2 aromatic rings. The number of aromatic nitrogens is 1. The molecule has 1 amide bonds. The lowest BCUT2D eigenvalue weighted by Crippen LogP contribution is -2.25. The van der Waals surface area contributed by atoms with E-state index in [1.165, 1.54) is 23.6 Å². The summed E-state index contributed by atoms with van der Waals surface area (Å²) in [6, 6.07) is 7.94. The predicted molar refractivity (Wildman–Crippen MR) is 99.0 cm³/mol. The molecule has 7 nitrogen and oxygen atoms in total. The summed E-state index contributed by atoms with van der Waals surface area (Å²) in [6.45, 7) is 5.32. The van der Waals surface area contributed by atoms with E-state index in [9.17, 15) is 19.7 Å². The van der Waals surface area contributed by atoms with Crippen LogP contribution in [0.5, 0.6) is 0 Å². The van der Waals surface area contributed by atoms with Gasteiger partial charge in [-0.1, -0.05) is 26.0 Å². The Morgan fingerprint density at radius 1 is 1.31 bits per heavy atom. The van der Waals surface area contributed by atoms with Crippen molar-refractivity contribution < 1.29 is 9.72 Å². The molecule has 0 spiro atoms. The largest absolute Gasteiger partial charge is 0.321 e. The van der Waals surface area contributed by atoms with Gasteiger partial charge in [0.25, 0.3) is 11.2 Å². The third-order valence-electron chi connectivity index (χ3n) is 4.26. The fourth-order valence-corrected chi connectivity index (χ4v) is 3.27. The van der Waals surface area contributed by atoms with Gasteiger partial charge in [0.15, 0.2) is 0 Å². The SMILES string of the molecule is CC(=O)Nc1cc2c(cc1[N+](=O)[O-])CC(C)(C)C=C2n1ccccc1=O. The molecule has 7 heteroatoms. The summed E-state index contributed by atoms with van der Waals surface area (Å²) < 4.78 is 1.52. The van der Waals surface area contributed by atoms with Crippen molar-refractivity contribution in [3.05, 3.63) is 74.2 Å². The van der Waals surface area contributed by atoms with E-state index in [1.54, 1.807) is 24.4 Å². The molecule has 0 fully saturated rings. The van der Waals surface area contributed by atoms with E-state index >= 15 is 0 Å². The van der Waals surface area contributed by atoms with E-state index in [-0.39, 0.29) is 22.3 Å². The Kier molecular flexibility index (Phi) is 4.23. The minimum atomic E-state index is -0.509. The molecule has 0 saturated heterocycles. The number of nitro groups is 1. The molecule has 0 atom stereocenters. The summed E-state index contributed by atoms with van der Waals surface area (Å²) in [4.78, 5) is 34.7. The predicted octanol–water partition coefficient (Wildman–Crippen LogP) is 3.19. The van der Waals surface area contributed by atoms with Gasteiger partial charge < -0.3 is 5.32 Å². The zero-order valence-electron chi connectivity index (χ0n) is 14.8. The molecule has 1 aliphatic rings. The van der Waals surface area contributed by atoms with Crippen molar-refractivity contribution in [2.24, 2.45) is 5.41 Å². The van der Waals surface area contributed by atoms with Crippen LogP contribution in [0.3, 0.4) is 0 Å². The van der Waals surface area contributed by atoms with Crippen molar-refractivity contribution >= 4 is 23.0 Å². The van der Waals surface area contributed by atoms with Crippen molar-refractivity contribution in [3.63, 3.8) is 0 Å². The van der Waals surface area contributed by atoms with Crippen LogP contribution in [0.15, 0.2) is 47.4 Å². The fraction of sp³-hybridized carbons (Fsp3) is 0.263. The highest BCUT2D eigenvalue weighted by molar-refractivity contribution is 5.92. The number of nitrogens with one attached hydrogen (secondary N) is 1. The van der Waals surface area contributed by atoms with E-state index in [0.717, 1.165) is 5.56 Å². The van der Waals surface area contributed by atoms with Crippen molar-refractivity contribution in [2.75, 3.05) is 5.32 Å². The highest BCUT2D eigenvalue weighted by Crippen LogP contribution is 2.41. The number of nitro benzene ring substituents is 1. The van der Waals surface area contributed by atoms with Gasteiger partial charge in [0.1, 0.15) is 5.69 Å². The minimum Gasteiger partial charge on any atom is -0.321 e. The fourth-order valence-electron chi connectivity index (χ4n) is 3.27. The Bertz CT molecular complexity index is 1000. The maximum Gasteiger partial charge on any atom is 0.293 e. The number of amides is 1. The van der Waals surface area contributed by atoms with Crippen LogP contribution in [0.1, 0.15) is 31.9 Å². The van der Waals surface area contributed by atoms with Crippen molar-refractivity contribution in [3.8, 4) is 0 Å². The average Bonchev–Trinajstić information content (AvgIpc) is 2.53. The number of carbonyl (C=O) groups excluding carboxylic acids is 1. The number of anilines is 1. The minimum absolute atomic E-state index is 0.121. The molecule has 3 rings (SSSR count). The number of benzene rings is 1. The van der Waals surface area contributed by atoms with Gasteiger partial charge in [0, 0.05) is 30.8 Å². The zero-order chi connectivity index (χ0) is 19.1. The molecule has 0 aliphatic heterocycles. The molecule has 0 radical (unpaired) electrons. The number of hydrogen-bond donors (Lipinski definition) is 1. The number of hydrogen-bond acceptors (Lipinski definition) is 4. The summed E-state index contributed by atoms with van der Waals surface area (Å²) in [6.07, 6.45) is 4.24. The van der Waals surface area contributed by atoms with Crippen molar-refractivity contribution in [2.45, 2.75) is 27.2 Å². The van der Waals surface area contributed by atoms with Gasteiger partial charge >= 0.3 is 0 Å². The van der Waals surface area contributed by atoms with Crippen LogP contribution in [0.25, 0.3) is 5.70 Å². The van der Waals surface area contributed by atoms with Crippen LogP contribution < -0.4 is 10.9 Å². The van der Waals surface area contributed by atoms with E-state index in [2.05, 4.69) is 5.32 Å². The first-order valence-electron chi connectivity index (χ1n) is 8.18. The topological polar surface area (TPSA) is 94.2 Å². The summed E-state index contributed by atoms with van der Waals surface area (Å²) >= 11 is 0. The molecule has 1 N–H and O–H groups in total. The van der Waals surface area contributed by atoms with Crippen molar-refractivity contribution in [1.82, 2.24) is 4.57 Å². The normalized spacial score (nSPS) is 15.0. The number of rotatable bonds is 3. The third kappa shape index (κ3) is 3.28. The van der Waals surface area contributed by atoms with Crippen LogP contribution in [-0.4, -0.2) is 15.4 Å². The smallest absolute Gasteiger partial charge is 0.293 e. The van der Waals surface area contributed by atoms with Gasteiger partial charge in [0.05, 0.1) is 10.6 Å². The summed E-state index contributed by atoms with van der Waals surface area (Å²) in [7, 11) is 0. The van der Waals surface area contributed by atoms with Gasteiger partial charge in [-0.15, -0.1) is 0 Å². The maximum atomic E-state index is 12.3. The monoisotopic (exact) mass is 353 g/mol. The molecule has 1 aromatic heterocycles. The molecule has 1 heterocycles. The van der Waals surface area contributed by atoms with Crippen LogP contribution >= 0.6 is 0 Å². The standard InChI is InChI=1S/C19H19N3O4/c1-12(23)20-15-9-14-13(8-16(15)22(25)26)10-19(2,3)11-17(14)21-7-5-4-6-18(21)24/h4-9,11H,10H2,1-3H3,(H,20,23). The Labute approximate surface area is 150 Å². The average molecular weight is 353 g/mol. The van der Waals surface area contributed by atoms with Crippen LogP contribution in [0, 0.1) is 15.5 Å². The van der Waals surface area contributed by atoms with E-state index in [0.29, 0.717) is 17.7 Å². The molecule has 134 valence electrons. The van der Waals surface area contributed by atoms with E-state index in [1.807, 2.05) is 19.9 Å². The number of fused-ring (bicyclic) bond motifs is 1. The molecular weight excluding hydrogens is 334 g/mol. The Hall–Kier alpha value is -3.22. The third-order valence-corrected chi connectivity index (χ3v) is 4.26. The second-order valence-electron chi connectivity index (χ2n) is 7.07. The molecule has 0 unspecified atom stereocenters. The van der Waals surface area contributed by atoms with Crippen LogP contribution in [0.2, 0.25) is 0 Å².